The zero-order chi connectivity index (χ0) is 34.9. The van der Waals surface area contributed by atoms with Crippen LogP contribution in [0.4, 0.5) is 16.2 Å². The van der Waals surface area contributed by atoms with Crippen molar-refractivity contribution in [2.45, 2.75) is 50.6 Å². The topological polar surface area (TPSA) is 113 Å². The number of urea groups is 1. The van der Waals surface area contributed by atoms with Crippen LogP contribution >= 0.6 is 0 Å². The van der Waals surface area contributed by atoms with Crippen LogP contribution in [-0.2, 0) is 16.1 Å². The molecule has 9 heteroatoms. The third kappa shape index (κ3) is 9.15. The number of hydrogen-bond acceptors (Lipinski definition) is 7. The second-order valence-corrected chi connectivity index (χ2v) is 12.5. The van der Waals surface area contributed by atoms with Crippen LogP contribution in [0.15, 0.2) is 133 Å². The van der Waals surface area contributed by atoms with Crippen LogP contribution < -0.4 is 15.4 Å². The molecule has 9 nitrogen and oxygen atoms in total. The first kappa shape index (κ1) is 34.8. The van der Waals surface area contributed by atoms with Crippen molar-refractivity contribution >= 4 is 17.4 Å². The number of ether oxygens (including phenoxy) is 3. The summed E-state index contributed by atoms with van der Waals surface area (Å²) in [6.45, 7) is 2.53. The van der Waals surface area contributed by atoms with Gasteiger partial charge in [-0.2, -0.15) is 0 Å². The summed E-state index contributed by atoms with van der Waals surface area (Å²) in [6.07, 6.45) is -1.26. The molecule has 0 saturated carbocycles. The zero-order valence-electron chi connectivity index (χ0n) is 28.2. The number of aliphatic hydroxyl groups is 2. The lowest BCUT2D eigenvalue weighted by atomic mass is 9.98. The first-order valence-corrected chi connectivity index (χ1v) is 16.8. The van der Waals surface area contributed by atoms with Crippen molar-refractivity contribution in [1.82, 2.24) is 4.90 Å². The van der Waals surface area contributed by atoms with Crippen molar-refractivity contribution in [1.29, 1.82) is 0 Å². The molecule has 0 bridgehead atoms. The highest BCUT2D eigenvalue weighted by atomic mass is 16.7. The Labute approximate surface area is 293 Å². The maximum absolute atomic E-state index is 13.0. The molecule has 1 heterocycles. The molecule has 0 unspecified atom stereocenters. The Balaban J connectivity index is 1.13. The zero-order valence-corrected chi connectivity index (χ0v) is 28.2. The van der Waals surface area contributed by atoms with Crippen molar-refractivity contribution in [2.75, 3.05) is 24.2 Å². The minimum absolute atomic E-state index is 0.0338. The van der Waals surface area contributed by atoms with Crippen LogP contribution in [0.2, 0.25) is 0 Å². The van der Waals surface area contributed by atoms with Crippen molar-refractivity contribution in [3.8, 4) is 11.5 Å². The van der Waals surface area contributed by atoms with Gasteiger partial charge in [0.1, 0.15) is 11.5 Å². The van der Waals surface area contributed by atoms with Gasteiger partial charge in [0.15, 0.2) is 6.29 Å². The maximum Gasteiger partial charge on any atom is 0.323 e. The predicted octanol–water partition coefficient (Wildman–Crippen LogP) is 8.21. The van der Waals surface area contributed by atoms with Crippen LogP contribution in [0.3, 0.4) is 0 Å². The summed E-state index contributed by atoms with van der Waals surface area (Å²) in [6, 6.07) is 40.9. The van der Waals surface area contributed by atoms with E-state index >= 15 is 0 Å². The lowest BCUT2D eigenvalue weighted by Gasteiger charge is -2.39. The Morgan fingerprint density at radius 1 is 0.800 bits per heavy atom. The van der Waals surface area contributed by atoms with Crippen LogP contribution in [0, 0.1) is 0 Å². The number of hydrogen-bond donors (Lipinski definition) is 4. The molecule has 1 fully saturated rings. The lowest BCUT2D eigenvalue weighted by Crippen LogP contribution is -2.43. The molecule has 0 spiro atoms. The summed E-state index contributed by atoms with van der Waals surface area (Å²) in [5.74, 6) is 1.40. The smallest absolute Gasteiger partial charge is 0.323 e. The molecule has 0 aliphatic carbocycles. The number of aliphatic hydroxyl groups excluding tert-OH is 2. The van der Waals surface area contributed by atoms with E-state index in [-0.39, 0.29) is 24.9 Å². The molecule has 6 rings (SSSR count). The third-order valence-corrected chi connectivity index (χ3v) is 8.91. The molecule has 258 valence electrons. The Morgan fingerprint density at radius 3 is 2.16 bits per heavy atom. The second-order valence-electron chi connectivity index (χ2n) is 12.5. The van der Waals surface area contributed by atoms with E-state index in [1.165, 1.54) is 0 Å². The van der Waals surface area contributed by atoms with Crippen molar-refractivity contribution in [3.05, 3.63) is 156 Å². The SMILES string of the molecule is C[C@H]([C@@H](O)c1ccccc1)N(C)C[C@@H]1C[C@H](c2ccc(CO)cc2)O[C@H](c2cccc(NC(=O)Nc3ccc(Oc4ccccc4)cc3)c2)O1. The average molecular weight is 674 g/mol. The van der Waals surface area contributed by atoms with Gasteiger partial charge in [-0.1, -0.05) is 84.9 Å². The van der Waals surface area contributed by atoms with Gasteiger partial charge in [0.25, 0.3) is 0 Å². The van der Waals surface area contributed by atoms with E-state index in [0.717, 1.165) is 28.0 Å². The van der Waals surface area contributed by atoms with Gasteiger partial charge in [0.2, 0.25) is 0 Å². The number of nitrogens with one attached hydrogen (secondary N) is 2. The van der Waals surface area contributed by atoms with Crippen LogP contribution in [0.1, 0.15) is 54.1 Å². The van der Waals surface area contributed by atoms with Crippen molar-refractivity contribution in [2.24, 2.45) is 0 Å². The average Bonchev–Trinajstić information content (AvgIpc) is 3.15. The maximum atomic E-state index is 13.0. The molecule has 1 aliphatic rings. The van der Waals surface area contributed by atoms with Gasteiger partial charge in [-0.25, -0.2) is 4.79 Å². The predicted molar refractivity (Wildman–Crippen MR) is 194 cm³/mol. The van der Waals surface area contributed by atoms with Gasteiger partial charge in [-0.15, -0.1) is 0 Å². The minimum atomic E-state index is -0.707. The van der Waals surface area contributed by atoms with Gasteiger partial charge >= 0.3 is 6.03 Å². The van der Waals surface area contributed by atoms with Gasteiger partial charge in [-0.3, -0.25) is 4.90 Å². The standard InChI is InChI=1S/C41H43N3O6/c1-28(39(46)31-10-5-3-6-11-31)44(2)26-37-25-38(30-18-16-29(27-45)17-19-30)50-40(49-37)32-12-9-13-34(24-32)43-41(47)42-33-20-22-36(23-21-33)48-35-14-7-4-8-15-35/h3-24,28,37-40,45-46H,25-27H2,1-2H3,(H2,42,43,47)/t28-,37+,38-,39-,40-/m1/s1. The first-order chi connectivity index (χ1) is 24.3. The highest BCUT2D eigenvalue weighted by molar-refractivity contribution is 5.99. The van der Waals surface area contributed by atoms with Gasteiger partial charge in [0, 0.05) is 35.9 Å². The molecule has 0 radical (unpaired) electrons. The lowest BCUT2D eigenvalue weighted by molar-refractivity contribution is -0.253. The van der Waals surface area contributed by atoms with Gasteiger partial charge in [-0.05, 0) is 79.2 Å². The minimum Gasteiger partial charge on any atom is -0.457 e. The second kappa shape index (κ2) is 16.6. The Bertz CT molecular complexity index is 1800. The number of carbonyl (C=O) groups is 1. The number of nitrogens with zero attached hydrogens (tertiary/aromatic N) is 1. The largest absolute Gasteiger partial charge is 0.457 e. The van der Waals surface area contributed by atoms with E-state index in [9.17, 15) is 15.0 Å². The number of benzene rings is 5. The first-order valence-electron chi connectivity index (χ1n) is 16.8. The quantitative estimate of drug-likeness (QED) is 0.106. The highest BCUT2D eigenvalue weighted by Crippen LogP contribution is 2.39. The number of amides is 2. The molecular formula is C41H43N3O6. The number of rotatable bonds is 12. The van der Waals surface area contributed by atoms with E-state index < -0.39 is 18.4 Å². The molecule has 0 aromatic heterocycles. The summed E-state index contributed by atoms with van der Waals surface area (Å²) >= 11 is 0. The molecule has 50 heavy (non-hydrogen) atoms. The van der Waals surface area contributed by atoms with E-state index in [0.29, 0.717) is 30.1 Å². The number of likely N-dealkylation sites (N-methyl/N-ethyl adjacent to an activating group) is 1. The number of anilines is 2. The van der Waals surface area contributed by atoms with Crippen molar-refractivity contribution in [3.63, 3.8) is 0 Å². The summed E-state index contributed by atoms with van der Waals surface area (Å²) in [5.41, 5.74) is 4.62. The molecule has 5 aromatic carbocycles. The van der Waals surface area contributed by atoms with E-state index in [1.54, 1.807) is 24.3 Å². The van der Waals surface area contributed by atoms with Gasteiger partial charge < -0.3 is 35.1 Å². The summed E-state index contributed by atoms with van der Waals surface area (Å²) in [5, 5.41) is 26.4. The molecule has 4 N–H and O–H groups in total. The van der Waals surface area contributed by atoms with Crippen LogP contribution in [-0.4, -0.2) is 46.9 Å². The van der Waals surface area contributed by atoms with Crippen LogP contribution in [0.25, 0.3) is 0 Å². The van der Waals surface area contributed by atoms with Crippen LogP contribution in [0.5, 0.6) is 11.5 Å². The molecule has 5 aromatic rings. The summed E-state index contributed by atoms with van der Waals surface area (Å²) in [4.78, 5) is 15.1. The van der Waals surface area contributed by atoms with Crippen molar-refractivity contribution < 1.29 is 29.2 Å². The third-order valence-electron chi connectivity index (χ3n) is 8.91. The summed E-state index contributed by atoms with van der Waals surface area (Å²) < 4.78 is 18.9. The van der Waals surface area contributed by atoms with E-state index in [2.05, 4.69) is 15.5 Å². The van der Waals surface area contributed by atoms with E-state index in [4.69, 9.17) is 14.2 Å². The fourth-order valence-electron chi connectivity index (χ4n) is 5.98. The van der Waals surface area contributed by atoms with E-state index in [1.807, 2.05) is 123 Å². The molecule has 1 aliphatic heterocycles. The fourth-order valence-corrected chi connectivity index (χ4v) is 5.98. The molecule has 5 atom stereocenters. The highest BCUT2D eigenvalue weighted by Gasteiger charge is 2.34. The normalized spacial score (nSPS) is 18.6. The van der Waals surface area contributed by atoms with Gasteiger partial charge in [0.05, 0.1) is 24.9 Å². The molecule has 1 saturated heterocycles. The number of carbonyl (C=O) groups excluding carboxylic acids is 1. The summed E-state index contributed by atoms with van der Waals surface area (Å²) in [7, 11) is 1.99. The Morgan fingerprint density at radius 2 is 1.46 bits per heavy atom. The molecular weight excluding hydrogens is 630 g/mol. The fraction of sp³-hybridized carbons (Fsp3) is 0.244. The number of para-hydroxylation sites is 1. The molecule has 2 amide bonds. The Kier molecular flexibility index (Phi) is 11.5. The Hall–Kier alpha value is -5.03. The monoisotopic (exact) mass is 673 g/mol.